The lowest BCUT2D eigenvalue weighted by atomic mass is 10.0. The first-order chi connectivity index (χ1) is 31.5. The van der Waals surface area contributed by atoms with Crippen LogP contribution in [0, 0.1) is 0 Å². The van der Waals surface area contributed by atoms with Gasteiger partial charge in [-0.1, -0.05) is 237 Å². The lowest BCUT2D eigenvalue weighted by Gasteiger charge is -2.29. The number of phosphoric ester groups is 1. The molecule has 0 aliphatic heterocycles. The molecular formula is C56H109N2O6P. The Labute approximate surface area is 404 Å². The SMILES string of the molecule is CCCCCCCCCCCCCC/C=C\CCCCCCCCCC(=O)NC(COP(=O)([O-])OCC[N+](C)(C)C)C(O)/C=C/CC/C=C/CCCCCCCCCCCCCCCC. The molecule has 3 unspecified atom stereocenters. The quantitative estimate of drug-likeness (QED) is 0.0272. The van der Waals surface area contributed by atoms with Crippen LogP contribution in [0.3, 0.4) is 0 Å². The minimum Gasteiger partial charge on any atom is -0.756 e. The number of aliphatic hydroxyl groups excluding tert-OH is 1. The van der Waals surface area contributed by atoms with Crippen molar-refractivity contribution in [3.8, 4) is 0 Å². The number of quaternary nitrogens is 1. The van der Waals surface area contributed by atoms with Crippen molar-refractivity contribution in [1.29, 1.82) is 0 Å². The maximum absolute atomic E-state index is 12.9. The average Bonchev–Trinajstić information content (AvgIpc) is 3.26. The first kappa shape index (κ1) is 63.7. The standard InChI is InChI=1S/C56H109N2O6P/c1-6-8-10-12-14-16-18-20-22-24-26-28-29-30-32-34-36-38-40-42-44-46-48-50-56(60)57-54(53-64-65(61,62)63-52-51-58(3,4)5)55(59)49-47-45-43-41-39-37-35-33-31-27-25-23-21-19-17-15-13-11-9-7-2/h30,32,39,41,47,49,54-55,59H,6-29,31,33-38,40,42-46,48,50-53H2,1-5H3,(H-,57,60,61,62)/b32-30-,41-39+,49-47+. The van der Waals surface area contributed by atoms with Crippen molar-refractivity contribution in [1.82, 2.24) is 5.32 Å². The van der Waals surface area contributed by atoms with Crippen molar-refractivity contribution in [2.75, 3.05) is 40.9 Å². The monoisotopic (exact) mass is 937 g/mol. The highest BCUT2D eigenvalue weighted by molar-refractivity contribution is 7.45. The summed E-state index contributed by atoms with van der Waals surface area (Å²) in [5.74, 6) is -0.209. The van der Waals surface area contributed by atoms with Gasteiger partial charge in [-0.2, -0.15) is 0 Å². The molecule has 0 spiro atoms. The van der Waals surface area contributed by atoms with Gasteiger partial charge in [-0.05, 0) is 57.8 Å². The van der Waals surface area contributed by atoms with E-state index < -0.39 is 26.6 Å². The zero-order valence-corrected chi connectivity index (χ0v) is 44.6. The van der Waals surface area contributed by atoms with Gasteiger partial charge in [-0.3, -0.25) is 9.36 Å². The van der Waals surface area contributed by atoms with Crippen LogP contribution in [0.15, 0.2) is 36.5 Å². The van der Waals surface area contributed by atoms with Gasteiger partial charge >= 0.3 is 0 Å². The first-order valence-electron chi connectivity index (χ1n) is 27.9. The number of likely N-dealkylation sites (N-methyl/N-ethyl adjacent to an activating group) is 1. The van der Waals surface area contributed by atoms with E-state index in [9.17, 15) is 19.4 Å². The van der Waals surface area contributed by atoms with Gasteiger partial charge in [0, 0.05) is 6.42 Å². The first-order valence-corrected chi connectivity index (χ1v) is 29.3. The zero-order chi connectivity index (χ0) is 47.8. The summed E-state index contributed by atoms with van der Waals surface area (Å²) in [6.45, 7) is 4.66. The van der Waals surface area contributed by atoms with E-state index >= 15 is 0 Å². The molecule has 1 amide bonds. The largest absolute Gasteiger partial charge is 0.756 e. The van der Waals surface area contributed by atoms with Crippen LogP contribution in [0.25, 0.3) is 0 Å². The van der Waals surface area contributed by atoms with E-state index in [1.165, 1.54) is 205 Å². The predicted molar refractivity (Wildman–Crippen MR) is 279 cm³/mol. The second-order valence-electron chi connectivity index (χ2n) is 20.3. The summed E-state index contributed by atoms with van der Waals surface area (Å²) in [5, 5.41) is 13.8. The number of carbonyl (C=O) groups is 1. The summed E-state index contributed by atoms with van der Waals surface area (Å²) in [6, 6.07) is -0.905. The van der Waals surface area contributed by atoms with Crippen LogP contribution in [0.5, 0.6) is 0 Å². The molecule has 0 aromatic rings. The van der Waals surface area contributed by atoms with Crippen molar-refractivity contribution < 1.29 is 32.9 Å². The van der Waals surface area contributed by atoms with E-state index in [1.807, 2.05) is 27.2 Å². The van der Waals surface area contributed by atoms with Gasteiger partial charge in [-0.15, -0.1) is 0 Å². The molecular weight excluding hydrogens is 828 g/mol. The smallest absolute Gasteiger partial charge is 0.268 e. The third kappa shape index (κ3) is 50.4. The number of unbranched alkanes of at least 4 members (excludes halogenated alkanes) is 34. The highest BCUT2D eigenvalue weighted by Crippen LogP contribution is 2.38. The Morgan fingerprint density at radius 1 is 0.523 bits per heavy atom. The molecule has 2 N–H and O–H groups in total. The zero-order valence-electron chi connectivity index (χ0n) is 43.7. The molecule has 8 nitrogen and oxygen atoms in total. The van der Waals surface area contributed by atoms with Crippen molar-refractivity contribution in [3.63, 3.8) is 0 Å². The second kappa shape index (κ2) is 47.8. The molecule has 0 aromatic carbocycles. The van der Waals surface area contributed by atoms with E-state index in [4.69, 9.17) is 9.05 Å². The van der Waals surface area contributed by atoms with Gasteiger partial charge in [0.25, 0.3) is 7.82 Å². The lowest BCUT2D eigenvalue weighted by Crippen LogP contribution is -2.45. The average molecular weight is 937 g/mol. The molecule has 9 heteroatoms. The Hall–Kier alpha value is -1.28. The molecule has 3 atom stereocenters. The van der Waals surface area contributed by atoms with Gasteiger partial charge in [0.1, 0.15) is 13.2 Å². The number of phosphoric acid groups is 1. The number of amides is 1. The maximum atomic E-state index is 12.9. The van der Waals surface area contributed by atoms with Crippen LogP contribution in [0.4, 0.5) is 0 Å². The van der Waals surface area contributed by atoms with Crippen LogP contribution >= 0.6 is 7.82 Å². The molecule has 0 aliphatic carbocycles. The molecule has 0 saturated carbocycles. The van der Waals surface area contributed by atoms with Gasteiger partial charge in [0.05, 0.1) is 39.9 Å². The maximum Gasteiger partial charge on any atom is 0.268 e. The Kier molecular flexibility index (Phi) is 46.8. The number of hydrogen-bond donors (Lipinski definition) is 2. The van der Waals surface area contributed by atoms with Crippen LogP contribution < -0.4 is 10.2 Å². The molecule has 0 fully saturated rings. The topological polar surface area (TPSA) is 108 Å². The highest BCUT2D eigenvalue weighted by Gasteiger charge is 2.23. The minimum absolute atomic E-state index is 0.00668. The summed E-state index contributed by atoms with van der Waals surface area (Å²) in [4.78, 5) is 25.5. The van der Waals surface area contributed by atoms with Crippen LogP contribution in [-0.4, -0.2) is 68.5 Å². The molecule has 0 saturated heterocycles. The molecule has 0 radical (unpaired) electrons. The normalized spacial score (nSPS) is 14.3. The van der Waals surface area contributed by atoms with Crippen molar-refractivity contribution in [3.05, 3.63) is 36.5 Å². The fourth-order valence-corrected chi connectivity index (χ4v) is 8.89. The molecule has 0 aromatic heterocycles. The van der Waals surface area contributed by atoms with Gasteiger partial charge in [0.15, 0.2) is 0 Å². The van der Waals surface area contributed by atoms with Gasteiger partial charge < -0.3 is 28.8 Å². The number of carbonyl (C=O) groups excluding carboxylic acids is 1. The number of rotatable bonds is 51. The number of aliphatic hydroxyl groups is 1. The van der Waals surface area contributed by atoms with Crippen molar-refractivity contribution in [2.45, 2.75) is 276 Å². The summed E-state index contributed by atoms with van der Waals surface area (Å²) in [6.07, 6.45) is 60.7. The van der Waals surface area contributed by atoms with E-state index in [2.05, 4.69) is 43.5 Å². The second-order valence-corrected chi connectivity index (χ2v) is 21.7. The number of nitrogens with one attached hydrogen (secondary N) is 1. The Bertz CT molecular complexity index is 1150. The van der Waals surface area contributed by atoms with Gasteiger partial charge in [-0.25, -0.2) is 0 Å². The Balaban J connectivity index is 4.28. The fraction of sp³-hybridized carbons (Fsp3) is 0.875. The molecule has 0 aliphatic rings. The molecule has 0 heterocycles. The number of hydrogen-bond acceptors (Lipinski definition) is 6. The Morgan fingerprint density at radius 3 is 1.25 bits per heavy atom. The lowest BCUT2D eigenvalue weighted by molar-refractivity contribution is -0.870. The van der Waals surface area contributed by atoms with E-state index in [-0.39, 0.29) is 12.5 Å². The summed E-state index contributed by atoms with van der Waals surface area (Å²) in [5.41, 5.74) is 0. The van der Waals surface area contributed by atoms with Crippen LogP contribution in [-0.2, 0) is 18.4 Å². The molecule has 384 valence electrons. The van der Waals surface area contributed by atoms with Crippen molar-refractivity contribution in [2.24, 2.45) is 0 Å². The van der Waals surface area contributed by atoms with E-state index in [0.717, 1.165) is 38.5 Å². The summed E-state index contributed by atoms with van der Waals surface area (Å²) < 4.78 is 23.3. The van der Waals surface area contributed by atoms with Crippen LogP contribution in [0.1, 0.15) is 264 Å². The number of nitrogens with zero attached hydrogens (tertiary/aromatic N) is 1. The minimum atomic E-state index is -4.60. The molecule has 0 bridgehead atoms. The summed E-state index contributed by atoms with van der Waals surface area (Å²) >= 11 is 0. The van der Waals surface area contributed by atoms with Gasteiger partial charge in [0.2, 0.25) is 5.91 Å². The highest BCUT2D eigenvalue weighted by atomic mass is 31.2. The number of allylic oxidation sites excluding steroid dienone is 5. The third-order valence-electron chi connectivity index (χ3n) is 12.6. The molecule has 0 rings (SSSR count). The fourth-order valence-electron chi connectivity index (χ4n) is 8.17. The molecule has 65 heavy (non-hydrogen) atoms. The van der Waals surface area contributed by atoms with E-state index in [0.29, 0.717) is 17.4 Å². The summed E-state index contributed by atoms with van der Waals surface area (Å²) in [7, 11) is 1.25. The predicted octanol–water partition coefficient (Wildman–Crippen LogP) is 16.0. The third-order valence-corrected chi connectivity index (χ3v) is 13.5. The Morgan fingerprint density at radius 2 is 0.862 bits per heavy atom. The van der Waals surface area contributed by atoms with Crippen molar-refractivity contribution >= 4 is 13.7 Å². The van der Waals surface area contributed by atoms with E-state index in [1.54, 1.807) is 6.08 Å². The van der Waals surface area contributed by atoms with Crippen LogP contribution in [0.2, 0.25) is 0 Å².